The molecule has 4 heteroatoms. The highest BCUT2D eigenvalue weighted by Crippen LogP contribution is 2.35. The van der Waals surface area contributed by atoms with Gasteiger partial charge in [-0.25, -0.2) is 4.39 Å². The molecule has 0 N–H and O–H groups in total. The molecule has 0 heterocycles. The van der Waals surface area contributed by atoms with Crippen molar-refractivity contribution in [3.63, 3.8) is 0 Å². The van der Waals surface area contributed by atoms with Crippen LogP contribution in [0.5, 0.6) is 0 Å². The van der Waals surface area contributed by atoms with Crippen LogP contribution < -0.4 is 0 Å². The van der Waals surface area contributed by atoms with Crippen LogP contribution in [0, 0.1) is 17.2 Å². The minimum absolute atomic E-state index is 0.247. The van der Waals surface area contributed by atoms with Crippen molar-refractivity contribution in [2.75, 3.05) is 11.8 Å². The standard InChI is InChI=1S/C14H18Cl3F/c1-10(2)6-14(8-15,9-16)7-11-5-12(17)3-4-13(11)18/h3-5,10H,6-9H2,1-2H3. The molecule has 0 aliphatic rings. The van der Waals surface area contributed by atoms with Gasteiger partial charge in [0.05, 0.1) is 0 Å². The molecular formula is C14H18Cl3F. The summed E-state index contributed by atoms with van der Waals surface area (Å²) in [4.78, 5) is 0. The molecule has 0 aliphatic carbocycles. The molecule has 0 amide bonds. The van der Waals surface area contributed by atoms with Crippen LogP contribution in [0.25, 0.3) is 0 Å². The molecule has 0 spiro atoms. The Bertz CT molecular complexity index is 387. The molecule has 1 aromatic rings. The Labute approximate surface area is 123 Å². The third kappa shape index (κ3) is 4.29. The lowest BCUT2D eigenvalue weighted by molar-refractivity contribution is 0.292. The van der Waals surface area contributed by atoms with Gasteiger partial charge in [-0.3, -0.25) is 0 Å². The van der Waals surface area contributed by atoms with Gasteiger partial charge in [0.25, 0.3) is 0 Å². The molecule has 0 nitrogen and oxygen atoms in total. The Kier molecular flexibility index (Phi) is 6.23. The number of hydrogen-bond acceptors (Lipinski definition) is 0. The molecule has 0 fully saturated rings. The van der Waals surface area contributed by atoms with Gasteiger partial charge in [0.15, 0.2) is 0 Å². The lowest BCUT2D eigenvalue weighted by Crippen LogP contribution is -2.30. The average Bonchev–Trinajstić information content (AvgIpc) is 2.32. The highest BCUT2D eigenvalue weighted by Gasteiger charge is 2.30. The fourth-order valence-electron chi connectivity index (χ4n) is 2.26. The van der Waals surface area contributed by atoms with Crippen LogP contribution in [0.3, 0.4) is 0 Å². The van der Waals surface area contributed by atoms with Crippen LogP contribution in [-0.4, -0.2) is 11.8 Å². The molecule has 0 saturated heterocycles. The van der Waals surface area contributed by atoms with E-state index < -0.39 is 0 Å². The molecule has 0 saturated carbocycles. The smallest absolute Gasteiger partial charge is 0.126 e. The Morgan fingerprint density at radius 2 is 1.83 bits per heavy atom. The third-order valence-electron chi connectivity index (χ3n) is 2.98. The molecular weight excluding hydrogens is 294 g/mol. The minimum Gasteiger partial charge on any atom is -0.207 e. The zero-order valence-electron chi connectivity index (χ0n) is 10.6. The maximum Gasteiger partial charge on any atom is 0.126 e. The summed E-state index contributed by atoms with van der Waals surface area (Å²) in [5.74, 6) is 1.05. The van der Waals surface area contributed by atoms with E-state index >= 15 is 0 Å². The summed E-state index contributed by atoms with van der Waals surface area (Å²) in [6, 6.07) is 4.59. The van der Waals surface area contributed by atoms with Gasteiger partial charge in [0, 0.05) is 22.2 Å². The summed E-state index contributed by atoms with van der Waals surface area (Å²) < 4.78 is 13.8. The normalized spacial score (nSPS) is 12.2. The van der Waals surface area contributed by atoms with Crippen molar-refractivity contribution in [1.29, 1.82) is 0 Å². The zero-order chi connectivity index (χ0) is 13.8. The van der Waals surface area contributed by atoms with Gasteiger partial charge in [0.2, 0.25) is 0 Å². The van der Waals surface area contributed by atoms with Crippen LogP contribution >= 0.6 is 34.8 Å². The fraction of sp³-hybridized carbons (Fsp3) is 0.571. The van der Waals surface area contributed by atoms with Gasteiger partial charge in [-0.2, -0.15) is 0 Å². The van der Waals surface area contributed by atoms with E-state index in [-0.39, 0.29) is 11.2 Å². The summed E-state index contributed by atoms with van der Waals surface area (Å²) >= 11 is 18.0. The van der Waals surface area contributed by atoms with E-state index in [2.05, 4.69) is 13.8 Å². The average molecular weight is 312 g/mol. The van der Waals surface area contributed by atoms with Gasteiger partial charge in [0.1, 0.15) is 5.82 Å². The van der Waals surface area contributed by atoms with E-state index in [9.17, 15) is 4.39 Å². The number of benzene rings is 1. The molecule has 1 rings (SSSR count). The largest absolute Gasteiger partial charge is 0.207 e. The van der Waals surface area contributed by atoms with Crippen molar-refractivity contribution >= 4 is 34.8 Å². The molecule has 0 aromatic heterocycles. The SMILES string of the molecule is CC(C)CC(CCl)(CCl)Cc1cc(Cl)ccc1F. The number of halogens is 4. The lowest BCUT2D eigenvalue weighted by Gasteiger charge is -2.31. The van der Waals surface area contributed by atoms with Crippen molar-refractivity contribution in [1.82, 2.24) is 0 Å². The van der Waals surface area contributed by atoms with E-state index in [1.165, 1.54) is 6.07 Å². The summed E-state index contributed by atoms with van der Waals surface area (Å²) in [6.45, 7) is 4.23. The Morgan fingerprint density at radius 1 is 1.22 bits per heavy atom. The Balaban J connectivity index is 2.98. The number of hydrogen-bond donors (Lipinski definition) is 0. The molecule has 18 heavy (non-hydrogen) atoms. The van der Waals surface area contributed by atoms with Crippen molar-refractivity contribution in [3.05, 3.63) is 34.6 Å². The lowest BCUT2D eigenvalue weighted by atomic mass is 9.78. The summed E-state index contributed by atoms with van der Waals surface area (Å²) in [5, 5.41) is 0.536. The second-order valence-electron chi connectivity index (χ2n) is 5.28. The van der Waals surface area contributed by atoms with Crippen LogP contribution in [0.4, 0.5) is 4.39 Å². The van der Waals surface area contributed by atoms with Crippen molar-refractivity contribution < 1.29 is 4.39 Å². The summed E-state index contributed by atoms with van der Waals surface area (Å²) in [5.41, 5.74) is 0.312. The van der Waals surface area contributed by atoms with E-state index in [0.717, 1.165) is 6.42 Å². The molecule has 1 aromatic carbocycles. The first-order valence-corrected chi connectivity index (χ1v) is 7.43. The molecule has 0 atom stereocenters. The minimum atomic E-state index is -0.275. The first-order valence-electron chi connectivity index (χ1n) is 5.98. The zero-order valence-corrected chi connectivity index (χ0v) is 12.9. The highest BCUT2D eigenvalue weighted by atomic mass is 35.5. The van der Waals surface area contributed by atoms with Gasteiger partial charge in [-0.15, -0.1) is 23.2 Å². The number of rotatable bonds is 6. The Morgan fingerprint density at radius 3 is 2.33 bits per heavy atom. The van der Waals surface area contributed by atoms with Crippen molar-refractivity contribution in [2.45, 2.75) is 26.7 Å². The van der Waals surface area contributed by atoms with E-state index in [1.807, 2.05) is 0 Å². The van der Waals surface area contributed by atoms with Crippen LogP contribution in [0.2, 0.25) is 5.02 Å². The maximum absolute atomic E-state index is 13.8. The first-order chi connectivity index (χ1) is 8.42. The van der Waals surface area contributed by atoms with Crippen molar-refractivity contribution in [3.8, 4) is 0 Å². The first kappa shape index (κ1) is 16.1. The summed E-state index contributed by atoms with van der Waals surface area (Å²) in [6.07, 6.45) is 1.39. The monoisotopic (exact) mass is 310 g/mol. The predicted octanol–water partition coefficient (Wildman–Crippen LogP) is 5.53. The molecule has 0 unspecified atom stereocenters. The summed E-state index contributed by atoms with van der Waals surface area (Å²) in [7, 11) is 0. The van der Waals surface area contributed by atoms with Gasteiger partial charge >= 0.3 is 0 Å². The topological polar surface area (TPSA) is 0 Å². The van der Waals surface area contributed by atoms with Gasteiger partial charge in [-0.05, 0) is 42.5 Å². The maximum atomic E-state index is 13.8. The van der Waals surface area contributed by atoms with Crippen LogP contribution in [0.1, 0.15) is 25.8 Å². The van der Waals surface area contributed by atoms with Gasteiger partial charge < -0.3 is 0 Å². The van der Waals surface area contributed by atoms with Gasteiger partial charge in [-0.1, -0.05) is 25.4 Å². The van der Waals surface area contributed by atoms with Crippen molar-refractivity contribution in [2.24, 2.45) is 11.3 Å². The predicted molar refractivity (Wildman–Crippen MR) is 78.4 cm³/mol. The van der Waals surface area contributed by atoms with Crippen LogP contribution in [-0.2, 0) is 6.42 Å². The molecule has 0 aliphatic heterocycles. The van der Waals surface area contributed by atoms with E-state index in [0.29, 0.717) is 34.7 Å². The second kappa shape index (κ2) is 6.98. The molecule has 0 bridgehead atoms. The van der Waals surface area contributed by atoms with E-state index in [1.54, 1.807) is 12.1 Å². The number of alkyl halides is 2. The second-order valence-corrected chi connectivity index (χ2v) is 6.25. The van der Waals surface area contributed by atoms with Crippen LogP contribution in [0.15, 0.2) is 18.2 Å². The molecule has 0 radical (unpaired) electrons. The van der Waals surface area contributed by atoms with E-state index in [4.69, 9.17) is 34.8 Å². The molecule has 102 valence electrons. The highest BCUT2D eigenvalue weighted by molar-refractivity contribution is 6.30. The quantitative estimate of drug-likeness (QED) is 0.606. The Hall–Kier alpha value is 0.0200. The fourth-order valence-corrected chi connectivity index (χ4v) is 3.15. The third-order valence-corrected chi connectivity index (χ3v) is 4.35.